The van der Waals surface area contributed by atoms with Gasteiger partial charge >= 0.3 is 0 Å². The molecule has 27 heavy (non-hydrogen) atoms. The smallest absolute Gasteiger partial charge is 0.0435 e. The zero-order valence-electron chi connectivity index (χ0n) is 15.6. The van der Waals surface area contributed by atoms with E-state index in [0.29, 0.717) is 5.92 Å². The molecule has 0 aromatic heterocycles. The first kappa shape index (κ1) is 16.4. The lowest BCUT2D eigenvalue weighted by Crippen LogP contribution is -2.08. The van der Waals surface area contributed by atoms with Crippen molar-refractivity contribution >= 4 is 27.2 Å². The highest BCUT2D eigenvalue weighted by atomic mass is 14.6. The average molecular weight is 351 g/mol. The predicted octanol–water partition coefficient (Wildman–Crippen LogP) is 7.29. The molecule has 134 valence electrons. The molecule has 1 heteroatoms. The van der Waals surface area contributed by atoms with Crippen LogP contribution >= 0.6 is 0 Å². The van der Waals surface area contributed by atoms with Gasteiger partial charge < -0.3 is 5.73 Å². The fourth-order valence-corrected chi connectivity index (χ4v) is 4.79. The Morgan fingerprint density at radius 3 is 2.19 bits per heavy atom. The van der Waals surface area contributed by atoms with E-state index in [-0.39, 0.29) is 0 Å². The van der Waals surface area contributed by atoms with Crippen LogP contribution in [0.5, 0.6) is 0 Å². The zero-order valence-corrected chi connectivity index (χ0v) is 15.6. The van der Waals surface area contributed by atoms with E-state index >= 15 is 0 Å². The van der Waals surface area contributed by atoms with E-state index in [9.17, 15) is 0 Å². The minimum absolute atomic E-state index is 0.600. The van der Waals surface area contributed by atoms with Crippen LogP contribution in [0, 0.1) is 0 Å². The highest BCUT2D eigenvalue weighted by Gasteiger charge is 2.21. The third-order valence-electron chi connectivity index (χ3n) is 6.20. The van der Waals surface area contributed by atoms with Crippen LogP contribution in [0.3, 0.4) is 0 Å². The maximum Gasteiger partial charge on any atom is 0.0435 e. The van der Waals surface area contributed by atoms with Crippen molar-refractivity contribution < 1.29 is 0 Å². The van der Waals surface area contributed by atoms with E-state index in [1.54, 1.807) is 0 Å². The molecule has 4 aromatic rings. The normalized spacial score (nSPS) is 15.4. The van der Waals surface area contributed by atoms with Gasteiger partial charge in [-0.3, -0.25) is 0 Å². The van der Waals surface area contributed by atoms with Gasteiger partial charge in [0.15, 0.2) is 0 Å². The Morgan fingerprint density at radius 2 is 1.37 bits per heavy atom. The van der Waals surface area contributed by atoms with Crippen LogP contribution in [0.25, 0.3) is 32.7 Å². The molecule has 0 spiro atoms. The number of nitrogen functional groups attached to an aromatic ring is 1. The minimum Gasteiger partial charge on any atom is -0.398 e. The Bertz CT molecular complexity index is 1120. The Morgan fingerprint density at radius 1 is 0.667 bits per heavy atom. The van der Waals surface area contributed by atoms with Crippen LogP contribution in [0.4, 0.5) is 5.69 Å². The highest BCUT2D eigenvalue weighted by Crippen LogP contribution is 2.43. The Kier molecular flexibility index (Phi) is 4.09. The van der Waals surface area contributed by atoms with E-state index < -0.39 is 0 Å². The molecule has 0 atom stereocenters. The van der Waals surface area contributed by atoms with Crippen LogP contribution in [0.15, 0.2) is 72.8 Å². The molecule has 0 bridgehead atoms. The summed E-state index contributed by atoms with van der Waals surface area (Å²) in [5, 5.41) is 5.09. The minimum atomic E-state index is 0.600. The van der Waals surface area contributed by atoms with Crippen LogP contribution < -0.4 is 5.73 Å². The maximum absolute atomic E-state index is 6.86. The summed E-state index contributed by atoms with van der Waals surface area (Å²) in [4.78, 5) is 0. The van der Waals surface area contributed by atoms with Crippen molar-refractivity contribution in [2.24, 2.45) is 0 Å². The molecule has 4 aromatic carbocycles. The van der Waals surface area contributed by atoms with Gasteiger partial charge in [0.2, 0.25) is 0 Å². The summed E-state index contributed by atoms with van der Waals surface area (Å²) in [5.74, 6) is 0.600. The molecule has 5 rings (SSSR count). The lowest BCUT2D eigenvalue weighted by molar-refractivity contribution is 0.445. The van der Waals surface area contributed by atoms with Crippen LogP contribution in [0.2, 0.25) is 0 Å². The summed E-state index contributed by atoms with van der Waals surface area (Å²) in [5.41, 5.74) is 11.6. The molecule has 1 saturated carbocycles. The first-order valence-electron chi connectivity index (χ1n) is 10.1. The molecule has 1 fully saturated rings. The first-order chi connectivity index (χ1) is 13.3. The fraction of sp³-hybridized carbons (Fsp3) is 0.231. The number of nitrogens with two attached hydrogens (primary N) is 1. The van der Waals surface area contributed by atoms with Crippen molar-refractivity contribution in [2.45, 2.75) is 38.0 Å². The SMILES string of the molecule is Nc1c(C2CCCCC2)cc2ccccc2c1-c1ccc2ccccc2c1. The molecule has 0 saturated heterocycles. The Balaban J connectivity index is 1.77. The van der Waals surface area contributed by atoms with Gasteiger partial charge in [-0.1, -0.05) is 79.9 Å². The number of fused-ring (bicyclic) bond motifs is 2. The van der Waals surface area contributed by atoms with Gasteiger partial charge in [-0.25, -0.2) is 0 Å². The van der Waals surface area contributed by atoms with E-state index in [0.717, 1.165) is 5.69 Å². The molecule has 0 amide bonds. The average Bonchev–Trinajstić information content (AvgIpc) is 2.73. The van der Waals surface area contributed by atoms with E-state index in [2.05, 4.69) is 72.8 Å². The van der Waals surface area contributed by atoms with E-state index in [1.165, 1.54) is 70.3 Å². The maximum atomic E-state index is 6.86. The Labute approximate surface area is 160 Å². The summed E-state index contributed by atoms with van der Waals surface area (Å²) < 4.78 is 0. The molecule has 2 N–H and O–H groups in total. The summed E-state index contributed by atoms with van der Waals surface area (Å²) in [6, 6.07) is 26.3. The van der Waals surface area contributed by atoms with Crippen LogP contribution in [-0.2, 0) is 0 Å². The van der Waals surface area contributed by atoms with E-state index in [1.807, 2.05) is 0 Å². The quantitative estimate of drug-likeness (QED) is 0.377. The van der Waals surface area contributed by atoms with Crippen molar-refractivity contribution in [3.05, 3.63) is 78.4 Å². The number of hydrogen-bond acceptors (Lipinski definition) is 1. The molecule has 1 nitrogen and oxygen atoms in total. The topological polar surface area (TPSA) is 26.0 Å². The fourth-order valence-electron chi connectivity index (χ4n) is 4.79. The summed E-state index contributed by atoms with van der Waals surface area (Å²) >= 11 is 0. The molecule has 1 aliphatic carbocycles. The third kappa shape index (κ3) is 2.88. The lowest BCUT2D eigenvalue weighted by Gasteiger charge is -2.25. The molecule has 0 aliphatic heterocycles. The van der Waals surface area contributed by atoms with Gasteiger partial charge in [-0.2, -0.15) is 0 Å². The number of anilines is 1. The van der Waals surface area contributed by atoms with Gasteiger partial charge in [0.05, 0.1) is 0 Å². The van der Waals surface area contributed by atoms with Crippen molar-refractivity contribution in [3.63, 3.8) is 0 Å². The van der Waals surface area contributed by atoms with Crippen molar-refractivity contribution in [1.82, 2.24) is 0 Å². The van der Waals surface area contributed by atoms with Crippen LogP contribution in [-0.4, -0.2) is 0 Å². The molecule has 1 aliphatic rings. The number of benzene rings is 4. The monoisotopic (exact) mass is 351 g/mol. The zero-order chi connectivity index (χ0) is 18.2. The molecule has 0 radical (unpaired) electrons. The highest BCUT2D eigenvalue weighted by molar-refractivity contribution is 6.05. The van der Waals surface area contributed by atoms with Crippen molar-refractivity contribution in [1.29, 1.82) is 0 Å². The summed E-state index contributed by atoms with van der Waals surface area (Å²) in [7, 11) is 0. The first-order valence-corrected chi connectivity index (χ1v) is 10.1. The number of hydrogen-bond donors (Lipinski definition) is 1. The predicted molar refractivity (Wildman–Crippen MR) is 117 cm³/mol. The lowest BCUT2D eigenvalue weighted by atomic mass is 9.80. The largest absolute Gasteiger partial charge is 0.398 e. The second-order valence-electron chi connectivity index (χ2n) is 7.87. The standard InChI is InChI=1S/C26H25N/c27-26-24(19-9-2-1-3-10-19)17-21-12-6-7-13-23(21)25(26)22-15-14-18-8-4-5-11-20(18)16-22/h4-8,11-17,19H,1-3,9-10,27H2. The molecular formula is C26H25N. The van der Waals surface area contributed by atoms with E-state index in [4.69, 9.17) is 5.73 Å². The molecular weight excluding hydrogens is 326 g/mol. The van der Waals surface area contributed by atoms with Gasteiger partial charge in [-0.05, 0) is 63.6 Å². The third-order valence-corrected chi connectivity index (χ3v) is 6.20. The summed E-state index contributed by atoms with van der Waals surface area (Å²) in [6.07, 6.45) is 6.53. The number of rotatable bonds is 2. The summed E-state index contributed by atoms with van der Waals surface area (Å²) in [6.45, 7) is 0. The van der Waals surface area contributed by atoms with Crippen molar-refractivity contribution in [3.8, 4) is 11.1 Å². The second kappa shape index (κ2) is 6.74. The second-order valence-corrected chi connectivity index (χ2v) is 7.87. The molecule has 0 heterocycles. The Hall–Kier alpha value is -2.80. The molecule has 0 unspecified atom stereocenters. The van der Waals surface area contributed by atoms with Gasteiger partial charge in [0.25, 0.3) is 0 Å². The van der Waals surface area contributed by atoms with Gasteiger partial charge in [-0.15, -0.1) is 0 Å². The van der Waals surface area contributed by atoms with Gasteiger partial charge in [0.1, 0.15) is 0 Å². The van der Waals surface area contributed by atoms with Crippen LogP contribution in [0.1, 0.15) is 43.6 Å². The van der Waals surface area contributed by atoms with Crippen molar-refractivity contribution in [2.75, 3.05) is 5.73 Å². The van der Waals surface area contributed by atoms with Gasteiger partial charge in [0, 0.05) is 11.3 Å².